The van der Waals surface area contributed by atoms with Gasteiger partial charge in [0.05, 0.1) is 21.2 Å². The number of ether oxygens (including phenoxy) is 1. The first-order chi connectivity index (χ1) is 9.11. The molecule has 1 atom stereocenters. The lowest BCUT2D eigenvalue weighted by atomic mass is 10.0. The van der Waals surface area contributed by atoms with Gasteiger partial charge < -0.3 is 4.74 Å². The van der Waals surface area contributed by atoms with Crippen LogP contribution < -0.4 is 4.74 Å². The molecule has 1 aromatic rings. The fourth-order valence-corrected chi connectivity index (χ4v) is 3.24. The second-order valence-corrected chi connectivity index (χ2v) is 9.16. The fraction of sp³-hybridized carbons (Fsp3) is 0.571. The van der Waals surface area contributed by atoms with Crippen molar-refractivity contribution in [1.82, 2.24) is 0 Å². The summed E-state index contributed by atoms with van der Waals surface area (Å²) in [5.41, 5.74) is 0.748. The average Bonchev–Trinajstić information content (AvgIpc) is 2.35. The molecule has 1 unspecified atom stereocenters. The standard InChI is InChI=1S/C14H20BrClO3S/c1-5-8-19-12-7-6-10(9-11(12)15)13(16)14(2,3)20(4,17)18/h6-7,9,13H,5,8H2,1-4H3. The van der Waals surface area contributed by atoms with Crippen LogP contribution in [-0.4, -0.2) is 26.0 Å². The zero-order valence-corrected chi connectivity index (χ0v) is 15.3. The van der Waals surface area contributed by atoms with Crippen LogP contribution in [0.1, 0.15) is 38.1 Å². The molecule has 0 spiro atoms. The number of benzene rings is 1. The lowest BCUT2D eigenvalue weighted by Gasteiger charge is -2.28. The third-order valence-electron chi connectivity index (χ3n) is 3.28. The van der Waals surface area contributed by atoms with Crippen molar-refractivity contribution in [2.45, 2.75) is 37.3 Å². The first-order valence-electron chi connectivity index (χ1n) is 6.37. The maximum Gasteiger partial charge on any atom is 0.154 e. The second kappa shape index (κ2) is 6.67. The van der Waals surface area contributed by atoms with Crippen LogP contribution in [0.4, 0.5) is 0 Å². The monoisotopic (exact) mass is 382 g/mol. The van der Waals surface area contributed by atoms with Crippen LogP contribution in [0.2, 0.25) is 0 Å². The number of halogens is 2. The lowest BCUT2D eigenvalue weighted by Crippen LogP contribution is -2.35. The van der Waals surface area contributed by atoms with Gasteiger partial charge in [-0.3, -0.25) is 0 Å². The Morgan fingerprint density at radius 2 is 2.00 bits per heavy atom. The molecule has 0 fully saturated rings. The molecule has 0 aliphatic heterocycles. The molecule has 0 radical (unpaired) electrons. The Balaban J connectivity index is 3.07. The Bertz CT molecular complexity index is 570. The summed E-state index contributed by atoms with van der Waals surface area (Å²) >= 11 is 9.80. The normalized spacial score (nSPS) is 14.1. The Hall–Kier alpha value is -0.260. The summed E-state index contributed by atoms with van der Waals surface area (Å²) in [5.74, 6) is 0.733. The number of sulfone groups is 1. The maximum atomic E-state index is 11.8. The molecule has 6 heteroatoms. The van der Waals surface area contributed by atoms with Crippen LogP contribution >= 0.6 is 27.5 Å². The van der Waals surface area contributed by atoms with Gasteiger partial charge in [-0.05, 0) is 53.9 Å². The Morgan fingerprint density at radius 1 is 1.40 bits per heavy atom. The van der Waals surface area contributed by atoms with Crippen LogP contribution in [-0.2, 0) is 9.84 Å². The lowest BCUT2D eigenvalue weighted by molar-refractivity contribution is 0.315. The van der Waals surface area contributed by atoms with Crippen LogP contribution in [0.25, 0.3) is 0 Å². The summed E-state index contributed by atoms with van der Waals surface area (Å²) in [6.07, 6.45) is 2.13. The van der Waals surface area contributed by atoms with E-state index in [1.165, 1.54) is 6.26 Å². The van der Waals surface area contributed by atoms with Gasteiger partial charge in [0.15, 0.2) is 9.84 Å². The van der Waals surface area contributed by atoms with E-state index < -0.39 is 20.0 Å². The van der Waals surface area contributed by atoms with E-state index >= 15 is 0 Å². The molecule has 1 rings (SSSR count). The summed E-state index contributed by atoms with van der Waals surface area (Å²) in [6.45, 7) is 5.94. The topological polar surface area (TPSA) is 43.4 Å². The molecule has 0 saturated carbocycles. The highest BCUT2D eigenvalue weighted by Gasteiger charge is 2.39. The number of hydrogen-bond donors (Lipinski definition) is 0. The summed E-state index contributed by atoms with van der Waals surface area (Å²) in [5, 5.41) is -0.631. The fourth-order valence-electron chi connectivity index (χ4n) is 1.59. The molecule has 0 amide bonds. The zero-order chi connectivity index (χ0) is 15.6. The minimum Gasteiger partial charge on any atom is -0.492 e. The van der Waals surface area contributed by atoms with Crippen molar-refractivity contribution in [3.8, 4) is 5.75 Å². The van der Waals surface area contributed by atoms with Crippen molar-refractivity contribution in [3.05, 3.63) is 28.2 Å². The molecule has 3 nitrogen and oxygen atoms in total. The molecule has 20 heavy (non-hydrogen) atoms. The van der Waals surface area contributed by atoms with Crippen LogP contribution in [0.3, 0.4) is 0 Å². The third kappa shape index (κ3) is 3.89. The van der Waals surface area contributed by atoms with E-state index in [2.05, 4.69) is 15.9 Å². The van der Waals surface area contributed by atoms with Crippen molar-refractivity contribution in [2.75, 3.05) is 12.9 Å². The van der Waals surface area contributed by atoms with Gasteiger partial charge in [-0.15, -0.1) is 11.6 Å². The van der Waals surface area contributed by atoms with Crippen molar-refractivity contribution >= 4 is 37.4 Å². The molecule has 114 valence electrons. The highest BCUT2D eigenvalue weighted by atomic mass is 79.9. The highest BCUT2D eigenvalue weighted by molar-refractivity contribution is 9.10. The summed E-state index contributed by atoms with van der Waals surface area (Å²) in [6, 6.07) is 5.43. The SMILES string of the molecule is CCCOc1ccc(C(Cl)C(C)(C)S(C)(=O)=O)cc1Br. The van der Waals surface area contributed by atoms with E-state index in [4.69, 9.17) is 16.3 Å². The first kappa shape index (κ1) is 17.8. The molecular formula is C14H20BrClO3S. The molecule has 0 aliphatic rings. The van der Waals surface area contributed by atoms with Crippen molar-refractivity contribution in [1.29, 1.82) is 0 Å². The zero-order valence-electron chi connectivity index (χ0n) is 12.1. The van der Waals surface area contributed by atoms with E-state index in [1.54, 1.807) is 19.9 Å². The highest BCUT2D eigenvalue weighted by Crippen LogP contribution is 2.39. The Labute approximate surface area is 134 Å². The predicted octanol–water partition coefficient (Wildman–Crippen LogP) is 4.34. The minimum absolute atomic E-state index is 0.631. The third-order valence-corrected chi connectivity index (χ3v) is 6.97. The Kier molecular flexibility index (Phi) is 5.93. The van der Waals surface area contributed by atoms with Crippen LogP contribution in [0, 0.1) is 0 Å². The predicted molar refractivity (Wildman–Crippen MR) is 87.4 cm³/mol. The number of hydrogen-bond acceptors (Lipinski definition) is 3. The molecule has 0 aliphatic carbocycles. The summed E-state index contributed by atoms with van der Waals surface area (Å²) in [4.78, 5) is 0. The van der Waals surface area contributed by atoms with Gasteiger partial charge in [-0.2, -0.15) is 0 Å². The number of alkyl halides is 1. The average molecular weight is 384 g/mol. The van der Waals surface area contributed by atoms with Gasteiger partial charge in [0.1, 0.15) is 5.75 Å². The van der Waals surface area contributed by atoms with Gasteiger partial charge >= 0.3 is 0 Å². The first-order valence-corrected chi connectivity index (χ1v) is 9.49. The molecule has 0 bridgehead atoms. The van der Waals surface area contributed by atoms with Crippen molar-refractivity contribution in [3.63, 3.8) is 0 Å². The smallest absolute Gasteiger partial charge is 0.154 e. The largest absolute Gasteiger partial charge is 0.492 e. The quantitative estimate of drug-likeness (QED) is 0.686. The van der Waals surface area contributed by atoms with Crippen molar-refractivity contribution in [2.24, 2.45) is 0 Å². The maximum absolute atomic E-state index is 11.8. The van der Waals surface area contributed by atoms with E-state index in [0.717, 1.165) is 22.2 Å². The molecular weight excluding hydrogens is 364 g/mol. The minimum atomic E-state index is -3.27. The van der Waals surface area contributed by atoms with E-state index in [0.29, 0.717) is 6.61 Å². The van der Waals surface area contributed by atoms with E-state index in [9.17, 15) is 8.42 Å². The molecule has 0 aromatic heterocycles. The molecule has 1 aromatic carbocycles. The summed E-state index contributed by atoms with van der Waals surface area (Å²) in [7, 11) is -3.27. The van der Waals surface area contributed by atoms with Crippen LogP contribution in [0.15, 0.2) is 22.7 Å². The molecule has 0 N–H and O–H groups in total. The Morgan fingerprint density at radius 3 is 2.45 bits per heavy atom. The second-order valence-electron chi connectivity index (χ2n) is 5.28. The van der Waals surface area contributed by atoms with E-state index in [1.807, 2.05) is 19.1 Å². The number of rotatable bonds is 6. The summed E-state index contributed by atoms with van der Waals surface area (Å²) < 4.78 is 29.0. The van der Waals surface area contributed by atoms with Crippen LogP contribution in [0.5, 0.6) is 5.75 Å². The van der Waals surface area contributed by atoms with Gasteiger partial charge in [0.2, 0.25) is 0 Å². The van der Waals surface area contributed by atoms with Gasteiger partial charge in [-0.25, -0.2) is 8.42 Å². The van der Waals surface area contributed by atoms with Gasteiger partial charge in [0.25, 0.3) is 0 Å². The molecule has 0 heterocycles. The van der Waals surface area contributed by atoms with Crippen molar-refractivity contribution < 1.29 is 13.2 Å². The van der Waals surface area contributed by atoms with Gasteiger partial charge in [-0.1, -0.05) is 13.0 Å². The van der Waals surface area contributed by atoms with Gasteiger partial charge in [0, 0.05) is 6.26 Å². The molecule has 0 saturated heterocycles. The van der Waals surface area contributed by atoms with E-state index in [-0.39, 0.29) is 0 Å².